The summed E-state index contributed by atoms with van der Waals surface area (Å²) >= 11 is 0. The molecule has 0 aromatic heterocycles. The van der Waals surface area contributed by atoms with Gasteiger partial charge < -0.3 is 10.0 Å². The fourth-order valence-corrected chi connectivity index (χ4v) is 3.13. The van der Waals surface area contributed by atoms with Gasteiger partial charge in [0.1, 0.15) is 5.82 Å². The number of ketones is 1. The molecule has 1 aliphatic rings. The van der Waals surface area contributed by atoms with Gasteiger partial charge in [-0.15, -0.1) is 0 Å². The summed E-state index contributed by atoms with van der Waals surface area (Å²) in [5.41, 5.74) is 2.58. The lowest BCUT2D eigenvalue weighted by molar-refractivity contribution is 0.101. The highest BCUT2D eigenvalue weighted by Crippen LogP contribution is 2.20. The number of Topliss-reactive ketones (excluding diaryl/α,β-unsaturated/α-hetero) is 1. The number of carbonyl (C=O) groups excluding carboxylic acids is 1. The molecule has 132 valence electrons. The number of nitrogens with zero attached hydrogens (tertiary/aromatic N) is 2. The van der Waals surface area contributed by atoms with Crippen LogP contribution in [0.15, 0.2) is 48.5 Å². The first-order valence-corrected chi connectivity index (χ1v) is 8.55. The summed E-state index contributed by atoms with van der Waals surface area (Å²) in [6, 6.07) is 13.7. The molecule has 2 aromatic rings. The van der Waals surface area contributed by atoms with Crippen LogP contribution in [-0.2, 0) is 0 Å². The molecular weight excluding hydrogens is 319 g/mol. The number of halogens is 1. The third-order valence-electron chi connectivity index (χ3n) is 4.70. The Hall–Kier alpha value is -2.24. The zero-order valence-corrected chi connectivity index (χ0v) is 14.4. The standard InChI is InChI=1S/C20H23FN2O2/c1-15(24)16-4-8-19(9-5-16)23-12-10-22(11-13-23)14-20(25)17-2-6-18(21)7-3-17/h2-9,20,25H,10-14H2,1H3/t20-/m0/s1. The summed E-state index contributed by atoms with van der Waals surface area (Å²) < 4.78 is 13.0. The maximum absolute atomic E-state index is 13.0. The van der Waals surface area contributed by atoms with Crippen molar-refractivity contribution in [3.8, 4) is 0 Å². The second-order valence-electron chi connectivity index (χ2n) is 6.46. The molecule has 1 aliphatic heterocycles. The Labute approximate surface area is 147 Å². The summed E-state index contributed by atoms with van der Waals surface area (Å²) in [4.78, 5) is 15.8. The fourth-order valence-electron chi connectivity index (χ4n) is 3.13. The van der Waals surface area contributed by atoms with E-state index in [0.29, 0.717) is 6.54 Å². The Morgan fingerprint density at radius 3 is 2.20 bits per heavy atom. The number of aliphatic hydroxyl groups excluding tert-OH is 1. The smallest absolute Gasteiger partial charge is 0.159 e. The number of benzene rings is 2. The highest BCUT2D eigenvalue weighted by molar-refractivity contribution is 5.94. The molecular formula is C20H23FN2O2. The van der Waals surface area contributed by atoms with Crippen molar-refractivity contribution in [3.63, 3.8) is 0 Å². The maximum Gasteiger partial charge on any atom is 0.159 e. The van der Waals surface area contributed by atoms with E-state index in [1.165, 1.54) is 12.1 Å². The SMILES string of the molecule is CC(=O)c1ccc(N2CCN(C[C@H](O)c3ccc(F)cc3)CC2)cc1. The molecule has 1 N–H and O–H groups in total. The third kappa shape index (κ3) is 4.44. The van der Waals surface area contributed by atoms with Gasteiger partial charge in [-0.1, -0.05) is 12.1 Å². The fraction of sp³-hybridized carbons (Fsp3) is 0.350. The van der Waals surface area contributed by atoms with Crippen LogP contribution in [0.3, 0.4) is 0 Å². The minimum Gasteiger partial charge on any atom is -0.387 e. The van der Waals surface area contributed by atoms with E-state index < -0.39 is 6.10 Å². The maximum atomic E-state index is 13.0. The van der Waals surface area contributed by atoms with Gasteiger partial charge in [0.2, 0.25) is 0 Å². The van der Waals surface area contributed by atoms with Gasteiger partial charge in [-0.3, -0.25) is 9.69 Å². The molecule has 0 aliphatic carbocycles. The molecule has 0 spiro atoms. The number of hydrogen-bond donors (Lipinski definition) is 1. The van der Waals surface area contributed by atoms with E-state index in [0.717, 1.165) is 43.0 Å². The number of anilines is 1. The summed E-state index contributed by atoms with van der Waals surface area (Å²) in [6.45, 7) is 5.56. The predicted octanol–water partition coefficient (Wildman–Crippen LogP) is 2.88. The molecule has 0 saturated carbocycles. The summed E-state index contributed by atoms with van der Waals surface area (Å²) in [5.74, 6) is -0.216. The molecule has 0 bridgehead atoms. The molecule has 0 radical (unpaired) electrons. The molecule has 2 aromatic carbocycles. The molecule has 1 fully saturated rings. The molecule has 1 saturated heterocycles. The highest BCUT2D eigenvalue weighted by Gasteiger charge is 2.20. The van der Waals surface area contributed by atoms with Crippen LogP contribution in [-0.4, -0.2) is 48.5 Å². The van der Waals surface area contributed by atoms with Crippen molar-refractivity contribution < 1.29 is 14.3 Å². The Balaban J connectivity index is 1.53. The number of rotatable bonds is 5. The zero-order valence-electron chi connectivity index (χ0n) is 14.4. The van der Waals surface area contributed by atoms with Crippen LogP contribution in [0.1, 0.15) is 28.9 Å². The number of piperazine rings is 1. The van der Waals surface area contributed by atoms with Crippen LogP contribution < -0.4 is 4.90 Å². The molecule has 1 atom stereocenters. The number of aliphatic hydroxyl groups is 1. The lowest BCUT2D eigenvalue weighted by Crippen LogP contribution is -2.47. The minimum atomic E-state index is -0.609. The molecule has 0 unspecified atom stereocenters. The first-order chi connectivity index (χ1) is 12.0. The van der Waals surface area contributed by atoms with E-state index in [2.05, 4.69) is 9.80 Å². The quantitative estimate of drug-likeness (QED) is 0.849. The Morgan fingerprint density at radius 1 is 1.04 bits per heavy atom. The molecule has 0 amide bonds. The second-order valence-corrected chi connectivity index (χ2v) is 6.46. The van der Waals surface area contributed by atoms with Crippen molar-refractivity contribution in [2.75, 3.05) is 37.6 Å². The van der Waals surface area contributed by atoms with Gasteiger partial charge in [0, 0.05) is 44.0 Å². The molecule has 1 heterocycles. The van der Waals surface area contributed by atoms with E-state index in [9.17, 15) is 14.3 Å². The first-order valence-electron chi connectivity index (χ1n) is 8.55. The van der Waals surface area contributed by atoms with Crippen molar-refractivity contribution in [3.05, 3.63) is 65.5 Å². The van der Waals surface area contributed by atoms with E-state index in [4.69, 9.17) is 0 Å². The first kappa shape index (κ1) is 17.6. The monoisotopic (exact) mass is 342 g/mol. The lowest BCUT2D eigenvalue weighted by Gasteiger charge is -2.37. The predicted molar refractivity (Wildman–Crippen MR) is 96.5 cm³/mol. The van der Waals surface area contributed by atoms with Crippen molar-refractivity contribution in [2.45, 2.75) is 13.0 Å². The summed E-state index contributed by atoms with van der Waals surface area (Å²) in [5, 5.41) is 10.3. The van der Waals surface area contributed by atoms with E-state index >= 15 is 0 Å². The molecule has 25 heavy (non-hydrogen) atoms. The van der Waals surface area contributed by atoms with Gasteiger partial charge in [0.25, 0.3) is 0 Å². The van der Waals surface area contributed by atoms with Crippen LogP contribution >= 0.6 is 0 Å². The third-order valence-corrected chi connectivity index (χ3v) is 4.70. The average Bonchev–Trinajstić information content (AvgIpc) is 2.63. The van der Waals surface area contributed by atoms with Crippen LogP contribution in [0.2, 0.25) is 0 Å². The number of hydrogen-bond acceptors (Lipinski definition) is 4. The van der Waals surface area contributed by atoms with Gasteiger partial charge >= 0.3 is 0 Å². The largest absolute Gasteiger partial charge is 0.387 e. The number of β-amino-alcohol motifs (C(OH)–C–C–N with tert-alkyl or cyclic N) is 1. The average molecular weight is 342 g/mol. The van der Waals surface area contributed by atoms with Crippen LogP contribution in [0.4, 0.5) is 10.1 Å². The van der Waals surface area contributed by atoms with E-state index in [1.807, 2.05) is 24.3 Å². The normalized spacial score (nSPS) is 16.7. The van der Waals surface area contributed by atoms with Gasteiger partial charge in [-0.05, 0) is 48.9 Å². The van der Waals surface area contributed by atoms with E-state index in [-0.39, 0.29) is 11.6 Å². The van der Waals surface area contributed by atoms with Gasteiger partial charge in [0.15, 0.2) is 5.78 Å². The van der Waals surface area contributed by atoms with Crippen LogP contribution in [0.5, 0.6) is 0 Å². The van der Waals surface area contributed by atoms with E-state index in [1.54, 1.807) is 19.1 Å². The Morgan fingerprint density at radius 2 is 1.64 bits per heavy atom. The highest BCUT2D eigenvalue weighted by atomic mass is 19.1. The molecule has 4 nitrogen and oxygen atoms in total. The lowest BCUT2D eigenvalue weighted by atomic mass is 10.1. The van der Waals surface area contributed by atoms with Crippen LogP contribution in [0.25, 0.3) is 0 Å². The summed E-state index contributed by atoms with van der Waals surface area (Å²) in [6.07, 6.45) is -0.609. The number of carbonyl (C=O) groups is 1. The van der Waals surface area contributed by atoms with Crippen LogP contribution in [0, 0.1) is 5.82 Å². The Bertz CT molecular complexity index is 707. The second kappa shape index (κ2) is 7.76. The van der Waals surface area contributed by atoms with Crippen molar-refractivity contribution >= 4 is 11.5 Å². The topological polar surface area (TPSA) is 43.8 Å². The Kier molecular flexibility index (Phi) is 5.46. The van der Waals surface area contributed by atoms with Gasteiger partial charge in [-0.2, -0.15) is 0 Å². The van der Waals surface area contributed by atoms with Crippen molar-refractivity contribution in [1.82, 2.24) is 4.90 Å². The molecule has 5 heteroatoms. The molecule has 3 rings (SSSR count). The minimum absolute atomic E-state index is 0.0751. The van der Waals surface area contributed by atoms with Crippen molar-refractivity contribution in [1.29, 1.82) is 0 Å². The summed E-state index contributed by atoms with van der Waals surface area (Å²) in [7, 11) is 0. The van der Waals surface area contributed by atoms with Gasteiger partial charge in [0.05, 0.1) is 6.10 Å². The van der Waals surface area contributed by atoms with Gasteiger partial charge in [-0.25, -0.2) is 4.39 Å². The van der Waals surface area contributed by atoms with Crippen molar-refractivity contribution in [2.24, 2.45) is 0 Å². The zero-order chi connectivity index (χ0) is 17.8.